The maximum Gasteiger partial charge on any atom is 0.121 e. The van der Waals surface area contributed by atoms with Crippen LogP contribution in [0.3, 0.4) is 0 Å². The normalized spacial score (nSPS) is 18.5. The number of hydrogen-bond acceptors (Lipinski definition) is 4. The van der Waals surface area contributed by atoms with E-state index in [4.69, 9.17) is 11.5 Å². The predicted molar refractivity (Wildman–Crippen MR) is 54.9 cm³/mol. The van der Waals surface area contributed by atoms with Crippen molar-refractivity contribution in [2.45, 2.75) is 12.8 Å². The van der Waals surface area contributed by atoms with Gasteiger partial charge in [0.25, 0.3) is 0 Å². The molecule has 0 amide bonds. The van der Waals surface area contributed by atoms with Gasteiger partial charge in [0, 0.05) is 19.3 Å². The summed E-state index contributed by atoms with van der Waals surface area (Å²) in [4.78, 5) is 6.25. The first-order valence-corrected chi connectivity index (χ1v) is 4.39. The van der Waals surface area contributed by atoms with Crippen LogP contribution in [0.25, 0.3) is 0 Å². The van der Waals surface area contributed by atoms with E-state index >= 15 is 0 Å². The van der Waals surface area contributed by atoms with Crippen molar-refractivity contribution < 1.29 is 0 Å². The molecule has 4 nitrogen and oxygen atoms in total. The monoisotopic (exact) mass is 180 g/mol. The lowest BCUT2D eigenvalue weighted by Crippen LogP contribution is -2.16. The molecule has 1 heterocycles. The zero-order valence-electron chi connectivity index (χ0n) is 7.74. The van der Waals surface area contributed by atoms with Crippen molar-refractivity contribution in [1.82, 2.24) is 4.90 Å². The average molecular weight is 180 g/mol. The SMILES string of the molecule is C=C(/N=C\C(N)=C/N)N1CCCC1. The topological polar surface area (TPSA) is 67.6 Å². The molecule has 1 aliphatic rings. The van der Waals surface area contributed by atoms with Gasteiger partial charge in [-0.2, -0.15) is 0 Å². The molecule has 1 saturated heterocycles. The van der Waals surface area contributed by atoms with Crippen molar-refractivity contribution in [1.29, 1.82) is 0 Å². The van der Waals surface area contributed by atoms with Gasteiger partial charge in [-0.3, -0.25) is 0 Å². The summed E-state index contributed by atoms with van der Waals surface area (Å²) in [5.41, 5.74) is 11.1. The van der Waals surface area contributed by atoms with Gasteiger partial charge in [-0.25, -0.2) is 4.99 Å². The number of allylic oxidation sites excluding steroid dienone is 1. The second kappa shape index (κ2) is 4.54. The zero-order valence-corrected chi connectivity index (χ0v) is 7.74. The molecule has 0 atom stereocenters. The minimum atomic E-state index is 0.459. The molecule has 0 spiro atoms. The van der Waals surface area contributed by atoms with Crippen LogP contribution in [0.2, 0.25) is 0 Å². The molecule has 4 N–H and O–H groups in total. The molecule has 4 heteroatoms. The first-order chi connectivity index (χ1) is 6.24. The molecule has 0 bridgehead atoms. The lowest BCUT2D eigenvalue weighted by molar-refractivity contribution is 0.425. The van der Waals surface area contributed by atoms with E-state index in [-0.39, 0.29) is 0 Å². The molecule has 13 heavy (non-hydrogen) atoms. The van der Waals surface area contributed by atoms with Crippen LogP contribution in [0.15, 0.2) is 29.3 Å². The lowest BCUT2D eigenvalue weighted by Gasteiger charge is -2.15. The van der Waals surface area contributed by atoms with Gasteiger partial charge in [0.05, 0.1) is 11.9 Å². The molecule has 0 aromatic rings. The number of hydrogen-bond donors (Lipinski definition) is 2. The minimum absolute atomic E-state index is 0.459. The van der Waals surface area contributed by atoms with Gasteiger partial charge in [0.15, 0.2) is 0 Å². The highest BCUT2D eigenvalue weighted by molar-refractivity contribution is 5.77. The summed E-state index contributed by atoms with van der Waals surface area (Å²) in [7, 11) is 0. The number of nitrogens with zero attached hydrogens (tertiary/aromatic N) is 2. The molecular formula is C9H16N4. The van der Waals surface area contributed by atoms with Crippen LogP contribution < -0.4 is 11.5 Å². The highest BCUT2D eigenvalue weighted by Crippen LogP contribution is 2.13. The van der Waals surface area contributed by atoms with Crippen LogP contribution in [0.5, 0.6) is 0 Å². The Kier molecular flexibility index (Phi) is 3.37. The van der Waals surface area contributed by atoms with Crippen molar-refractivity contribution in [3.05, 3.63) is 24.3 Å². The van der Waals surface area contributed by atoms with E-state index in [2.05, 4.69) is 16.5 Å². The third-order valence-corrected chi connectivity index (χ3v) is 2.03. The largest absolute Gasteiger partial charge is 0.403 e. The first kappa shape index (κ1) is 9.64. The molecule has 0 unspecified atom stereocenters. The number of likely N-dealkylation sites (tertiary alicyclic amines) is 1. The van der Waals surface area contributed by atoms with Crippen molar-refractivity contribution in [3.63, 3.8) is 0 Å². The molecule has 1 fully saturated rings. The fourth-order valence-electron chi connectivity index (χ4n) is 1.25. The Hall–Kier alpha value is -1.45. The summed E-state index contributed by atoms with van der Waals surface area (Å²) in [6.45, 7) is 5.94. The number of aliphatic imine (C=N–C) groups is 1. The molecule has 1 aliphatic heterocycles. The van der Waals surface area contributed by atoms with E-state index in [1.54, 1.807) is 0 Å². The van der Waals surface area contributed by atoms with Gasteiger partial charge in [-0.15, -0.1) is 0 Å². The van der Waals surface area contributed by atoms with E-state index in [9.17, 15) is 0 Å². The Morgan fingerprint density at radius 2 is 2.00 bits per heavy atom. The van der Waals surface area contributed by atoms with E-state index in [1.165, 1.54) is 25.3 Å². The number of rotatable bonds is 3. The number of nitrogens with two attached hydrogens (primary N) is 2. The third-order valence-electron chi connectivity index (χ3n) is 2.03. The second-order valence-electron chi connectivity index (χ2n) is 3.04. The molecule has 0 aromatic carbocycles. The maximum atomic E-state index is 5.45. The van der Waals surface area contributed by atoms with Gasteiger partial charge >= 0.3 is 0 Å². The molecule has 0 aliphatic carbocycles. The van der Waals surface area contributed by atoms with Gasteiger partial charge in [-0.1, -0.05) is 6.58 Å². The van der Waals surface area contributed by atoms with Crippen LogP contribution in [-0.4, -0.2) is 24.2 Å². The van der Waals surface area contributed by atoms with Crippen molar-refractivity contribution in [3.8, 4) is 0 Å². The highest BCUT2D eigenvalue weighted by atomic mass is 15.2. The first-order valence-electron chi connectivity index (χ1n) is 4.39. The minimum Gasteiger partial charge on any atom is -0.403 e. The fraction of sp³-hybridized carbons (Fsp3) is 0.444. The zero-order chi connectivity index (χ0) is 9.68. The van der Waals surface area contributed by atoms with Gasteiger partial charge in [-0.05, 0) is 12.8 Å². The quantitative estimate of drug-likeness (QED) is 0.617. The summed E-state index contributed by atoms with van der Waals surface area (Å²) in [6.07, 6.45) is 5.29. The van der Waals surface area contributed by atoms with Crippen LogP contribution >= 0.6 is 0 Å². The molecule has 1 rings (SSSR count). The standard InChI is InChI=1S/C9H16N4/c1-8(12-7-9(11)6-10)13-4-2-3-5-13/h6-7H,1-5,10-11H2/b9-6+,12-7-. The molecule has 72 valence electrons. The van der Waals surface area contributed by atoms with Crippen LogP contribution in [0, 0.1) is 0 Å². The van der Waals surface area contributed by atoms with Crippen LogP contribution in [0.4, 0.5) is 0 Å². The Labute approximate surface area is 78.6 Å². The van der Waals surface area contributed by atoms with Crippen molar-refractivity contribution in [2.24, 2.45) is 16.5 Å². The van der Waals surface area contributed by atoms with E-state index < -0.39 is 0 Å². The smallest absolute Gasteiger partial charge is 0.121 e. The summed E-state index contributed by atoms with van der Waals surface area (Å²) in [5, 5.41) is 0. The van der Waals surface area contributed by atoms with E-state index in [0.717, 1.165) is 18.9 Å². The molecule has 0 radical (unpaired) electrons. The Morgan fingerprint density at radius 3 is 2.54 bits per heavy atom. The Balaban J connectivity index is 2.44. The van der Waals surface area contributed by atoms with Crippen LogP contribution in [0.1, 0.15) is 12.8 Å². The molecular weight excluding hydrogens is 164 g/mol. The van der Waals surface area contributed by atoms with Crippen LogP contribution in [-0.2, 0) is 0 Å². The fourth-order valence-corrected chi connectivity index (χ4v) is 1.25. The van der Waals surface area contributed by atoms with E-state index in [0.29, 0.717) is 5.70 Å². The summed E-state index contributed by atoms with van der Waals surface area (Å²) < 4.78 is 0. The maximum absolute atomic E-state index is 5.45. The Morgan fingerprint density at radius 1 is 1.38 bits per heavy atom. The van der Waals surface area contributed by atoms with Gasteiger partial charge < -0.3 is 16.4 Å². The summed E-state index contributed by atoms with van der Waals surface area (Å²) in [6, 6.07) is 0. The van der Waals surface area contributed by atoms with Gasteiger partial charge in [0.1, 0.15) is 5.82 Å². The van der Waals surface area contributed by atoms with Crippen molar-refractivity contribution in [2.75, 3.05) is 13.1 Å². The van der Waals surface area contributed by atoms with Gasteiger partial charge in [0.2, 0.25) is 0 Å². The Bertz CT molecular complexity index is 236. The highest BCUT2D eigenvalue weighted by Gasteiger charge is 2.11. The summed E-state index contributed by atoms with van der Waals surface area (Å²) >= 11 is 0. The summed E-state index contributed by atoms with van der Waals surface area (Å²) in [5.74, 6) is 0.766. The van der Waals surface area contributed by atoms with Crippen molar-refractivity contribution >= 4 is 6.21 Å². The third kappa shape index (κ3) is 2.82. The predicted octanol–water partition coefficient (Wildman–Crippen LogP) is 0.383. The van der Waals surface area contributed by atoms with E-state index in [1.807, 2.05) is 0 Å². The average Bonchev–Trinajstić information content (AvgIpc) is 2.66. The second-order valence-corrected chi connectivity index (χ2v) is 3.04. The molecule has 0 saturated carbocycles. The molecule has 0 aromatic heterocycles. The lowest BCUT2D eigenvalue weighted by atomic mass is 10.4.